The van der Waals surface area contributed by atoms with Crippen molar-refractivity contribution >= 4 is 22.5 Å². The van der Waals surface area contributed by atoms with Gasteiger partial charge in [-0.15, -0.1) is 5.10 Å². The van der Waals surface area contributed by atoms with Crippen molar-refractivity contribution < 1.29 is 9.53 Å². The van der Waals surface area contributed by atoms with Gasteiger partial charge in [0.05, 0.1) is 23.7 Å². The van der Waals surface area contributed by atoms with E-state index >= 15 is 0 Å². The molecule has 3 aromatic heterocycles. The molecule has 0 aliphatic heterocycles. The number of hydrogen-bond donors (Lipinski definition) is 1. The van der Waals surface area contributed by atoms with Crippen molar-refractivity contribution in [3.05, 3.63) is 34.5 Å². The van der Waals surface area contributed by atoms with Crippen molar-refractivity contribution in [3.8, 4) is 0 Å². The summed E-state index contributed by atoms with van der Waals surface area (Å²) in [5.41, 5.74) is 0.315. The largest absolute Gasteiger partial charge is 0.461 e. The smallest absolute Gasteiger partial charge is 0.362 e. The number of esters is 1. The summed E-state index contributed by atoms with van der Waals surface area (Å²) in [6.45, 7) is 1.91. The SMILES string of the molecule is CCOC(=O)c1nnn2c1[nH]c(=O)c1ccncc12. The molecule has 1 N–H and O–H groups in total. The van der Waals surface area contributed by atoms with Crippen LogP contribution < -0.4 is 5.56 Å². The van der Waals surface area contributed by atoms with Crippen LogP contribution in [0.3, 0.4) is 0 Å². The van der Waals surface area contributed by atoms with Crippen LogP contribution in [-0.4, -0.2) is 37.4 Å². The molecule has 0 aliphatic carbocycles. The van der Waals surface area contributed by atoms with E-state index in [0.29, 0.717) is 10.9 Å². The summed E-state index contributed by atoms with van der Waals surface area (Å²) in [5, 5.41) is 8.01. The van der Waals surface area contributed by atoms with Gasteiger partial charge in [0.2, 0.25) is 5.69 Å². The molecular formula is C11H9N5O3. The van der Waals surface area contributed by atoms with Crippen LogP contribution in [0.5, 0.6) is 0 Å². The molecule has 3 aromatic rings. The van der Waals surface area contributed by atoms with Crippen molar-refractivity contribution in [1.29, 1.82) is 0 Å². The maximum absolute atomic E-state index is 11.9. The maximum Gasteiger partial charge on any atom is 0.362 e. The highest BCUT2D eigenvalue weighted by molar-refractivity contribution is 5.94. The van der Waals surface area contributed by atoms with Crippen LogP contribution in [0.4, 0.5) is 0 Å². The lowest BCUT2D eigenvalue weighted by Gasteiger charge is -2.00. The summed E-state index contributed by atoms with van der Waals surface area (Å²) in [6, 6.07) is 1.57. The number of pyridine rings is 1. The van der Waals surface area contributed by atoms with Gasteiger partial charge in [0.25, 0.3) is 5.56 Å². The van der Waals surface area contributed by atoms with Gasteiger partial charge >= 0.3 is 5.97 Å². The Hall–Kier alpha value is -2.77. The first kappa shape index (κ1) is 11.3. The molecule has 8 heteroatoms. The summed E-state index contributed by atoms with van der Waals surface area (Å²) >= 11 is 0. The Morgan fingerprint density at radius 2 is 2.37 bits per heavy atom. The van der Waals surface area contributed by atoms with Crippen molar-refractivity contribution in [2.45, 2.75) is 6.92 Å². The average molecular weight is 259 g/mol. The number of nitrogens with zero attached hydrogens (tertiary/aromatic N) is 4. The van der Waals surface area contributed by atoms with E-state index < -0.39 is 5.97 Å². The van der Waals surface area contributed by atoms with E-state index in [0.717, 1.165) is 0 Å². The van der Waals surface area contributed by atoms with E-state index in [1.54, 1.807) is 13.0 Å². The van der Waals surface area contributed by atoms with Gasteiger partial charge in [-0.25, -0.2) is 4.79 Å². The number of fused-ring (bicyclic) bond motifs is 3. The van der Waals surface area contributed by atoms with E-state index in [-0.39, 0.29) is 23.5 Å². The molecule has 0 saturated carbocycles. The molecule has 0 aromatic carbocycles. The third-order valence-electron chi connectivity index (χ3n) is 2.64. The first-order valence-corrected chi connectivity index (χ1v) is 5.61. The molecule has 0 atom stereocenters. The fraction of sp³-hybridized carbons (Fsp3) is 0.182. The van der Waals surface area contributed by atoms with Crippen LogP contribution in [0.1, 0.15) is 17.4 Å². The van der Waals surface area contributed by atoms with Gasteiger partial charge in [-0.1, -0.05) is 5.21 Å². The zero-order valence-electron chi connectivity index (χ0n) is 9.95. The molecular weight excluding hydrogens is 250 g/mol. The second kappa shape index (κ2) is 4.16. The molecule has 0 spiro atoms. The zero-order chi connectivity index (χ0) is 13.4. The summed E-state index contributed by atoms with van der Waals surface area (Å²) in [6.07, 6.45) is 2.99. The summed E-state index contributed by atoms with van der Waals surface area (Å²) in [7, 11) is 0. The van der Waals surface area contributed by atoms with Crippen LogP contribution in [0.25, 0.3) is 16.6 Å². The number of carbonyl (C=O) groups excluding carboxylic acids is 1. The fourth-order valence-corrected chi connectivity index (χ4v) is 1.82. The van der Waals surface area contributed by atoms with Crippen LogP contribution in [0.15, 0.2) is 23.3 Å². The number of aromatic nitrogens is 5. The lowest BCUT2D eigenvalue weighted by Crippen LogP contribution is -2.13. The average Bonchev–Trinajstić information content (AvgIpc) is 2.83. The minimum atomic E-state index is -0.628. The van der Waals surface area contributed by atoms with Crippen molar-refractivity contribution in [2.75, 3.05) is 6.61 Å². The Labute approximate surface area is 106 Å². The molecule has 0 fully saturated rings. The van der Waals surface area contributed by atoms with Crippen LogP contribution in [0.2, 0.25) is 0 Å². The number of ether oxygens (including phenoxy) is 1. The van der Waals surface area contributed by atoms with Crippen molar-refractivity contribution in [3.63, 3.8) is 0 Å². The first-order chi connectivity index (χ1) is 9.22. The van der Waals surface area contributed by atoms with Gasteiger partial charge in [-0.05, 0) is 13.0 Å². The van der Waals surface area contributed by atoms with Crippen molar-refractivity contribution in [2.24, 2.45) is 0 Å². The minimum Gasteiger partial charge on any atom is -0.461 e. The third-order valence-corrected chi connectivity index (χ3v) is 2.64. The molecule has 0 saturated heterocycles. The minimum absolute atomic E-state index is 0.0234. The Morgan fingerprint density at radius 1 is 1.53 bits per heavy atom. The highest BCUT2D eigenvalue weighted by Gasteiger charge is 2.18. The Balaban J connectivity index is 2.36. The number of nitrogens with one attached hydrogen (secondary N) is 1. The van der Waals surface area contributed by atoms with Gasteiger partial charge in [0.1, 0.15) is 0 Å². The number of rotatable bonds is 2. The highest BCUT2D eigenvalue weighted by Crippen LogP contribution is 2.11. The molecule has 8 nitrogen and oxygen atoms in total. The Kier molecular flexibility index (Phi) is 2.48. The number of aromatic amines is 1. The molecule has 0 bridgehead atoms. The zero-order valence-corrected chi connectivity index (χ0v) is 9.95. The molecule has 96 valence electrons. The monoisotopic (exact) mass is 259 g/mol. The molecule has 0 radical (unpaired) electrons. The van der Waals surface area contributed by atoms with Crippen molar-refractivity contribution in [1.82, 2.24) is 24.8 Å². The van der Waals surface area contributed by atoms with Crippen LogP contribution >= 0.6 is 0 Å². The van der Waals surface area contributed by atoms with E-state index in [1.807, 2.05) is 0 Å². The summed E-state index contributed by atoms with van der Waals surface area (Å²) in [4.78, 5) is 30.1. The number of carbonyl (C=O) groups is 1. The van der Waals surface area contributed by atoms with Crippen LogP contribution in [0, 0.1) is 0 Å². The lowest BCUT2D eigenvalue weighted by atomic mass is 10.3. The van der Waals surface area contributed by atoms with Gasteiger partial charge in [-0.2, -0.15) is 4.52 Å². The number of hydrogen-bond acceptors (Lipinski definition) is 6. The Bertz CT molecular complexity index is 835. The van der Waals surface area contributed by atoms with E-state index in [4.69, 9.17) is 4.74 Å². The maximum atomic E-state index is 11.9. The molecule has 3 heterocycles. The summed E-state index contributed by atoms with van der Waals surface area (Å²) in [5.74, 6) is -0.628. The lowest BCUT2D eigenvalue weighted by molar-refractivity contribution is 0.0521. The van der Waals surface area contributed by atoms with E-state index in [9.17, 15) is 9.59 Å². The molecule has 3 rings (SSSR count). The Morgan fingerprint density at radius 3 is 3.16 bits per heavy atom. The molecule has 0 unspecified atom stereocenters. The van der Waals surface area contributed by atoms with E-state index in [2.05, 4.69) is 20.3 Å². The second-order valence-corrected chi connectivity index (χ2v) is 3.77. The first-order valence-electron chi connectivity index (χ1n) is 5.61. The topological polar surface area (TPSA) is 102 Å². The van der Waals surface area contributed by atoms with Crippen LogP contribution in [-0.2, 0) is 4.74 Å². The quantitative estimate of drug-likeness (QED) is 0.657. The van der Waals surface area contributed by atoms with E-state index in [1.165, 1.54) is 16.9 Å². The molecule has 0 aliphatic rings. The predicted octanol–water partition coefficient (Wildman–Crippen LogP) is 0.142. The normalized spacial score (nSPS) is 11.0. The van der Waals surface area contributed by atoms with Gasteiger partial charge in [0, 0.05) is 6.20 Å². The van der Waals surface area contributed by atoms with Gasteiger partial charge in [-0.3, -0.25) is 9.78 Å². The second-order valence-electron chi connectivity index (χ2n) is 3.77. The third kappa shape index (κ3) is 1.65. The fourth-order valence-electron chi connectivity index (χ4n) is 1.82. The molecule has 19 heavy (non-hydrogen) atoms. The standard InChI is InChI=1S/C11H9N5O3/c1-2-19-11(18)8-9-13-10(17)6-3-4-12-5-7(6)16(9)15-14-8/h3-5H,2H2,1H3,(H,13,17). The molecule has 0 amide bonds. The predicted molar refractivity (Wildman–Crippen MR) is 64.9 cm³/mol. The highest BCUT2D eigenvalue weighted by atomic mass is 16.5. The number of H-pyrrole nitrogens is 1. The van der Waals surface area contributed by atoms with Gasteiger partial charge < -0.3 is 9.72 Å². The summed E-state index contributed by atoms with van der Waals surface area (Å²) < 4.78 is 6.21. The van der Waals surface area contributed by atoms with Gasteiger partial charge in [0.15, 0.2) is 5.65 Å².